The zero-order valence-electron chi connectivity index (χ0n) is 20.4. The standard InChI is InChI=1S/C25H37N5O2.HI/c1-25(2,19-9-10-22(31-4)23(16-19)32-5)18-28-24(26-3)29-20-11-14-30(15-12-20)17-21-8-6-7-13-27-21;/h6-10,13,16,20H,11-12,14-15,17-18H2,1-5H3,(H2,26,28,29);1H. The number of ether oxygens (including phenoxy) is 2. The number of hydrogen-bond donors (Lipinski definition) is 2. The van der Waals surface area contributed by atoms with Crippen LogP contribution in [0.15, 0.2) is 47.6 Å². The maximum atomic E-state index is 5.48. The summed E-state index contributed by atoms with van der Waals surface area (Å²) >= 11 is 0. The first kappa shape index (κ1) is 27.2. The molecule has 0 spiro atoms. The lowest BCUT2D eigenvalue weighted by Gasteiger charge is -2.33. The van der Waals surface area contributed by atoms with Gasteiger partial charge in [0.2, 0.25) is 0 Å². The van der Waals surface area contributed by atoms with E-state index in [9.17, 15) is 0 Å². The molecule has 0 unspecified atom stereocenters. The highest BCUT2D eigenvalue weighted by molar-refractivity contribution is 14.0. The van der Waals surface area contributed by atoms with Crippen LogP contribution in [0.3, 0.4) is 0 Å². The number of benzene rings is 1. The number of pyridine rings is 1. The second kappa shape index (κ2) is 13.0. The van der Waals surface area contributed by atoms with E-state index in [1.54, 1.807) is 14.2 Å². The Hall–Kier alpha value is -2.07. The Bertz CT molecular complexity index is 884. The van der Waals surface area contributed by atoms with Gasteiger partial charge in [-0.05, 0) is 42.7 Å². The molecule has 7 nitrogen and oxygen atoms in total. The normalized spacial score (nSPS) is 15.5. The molecule has 0 radical (unpaired) electrons. The van der Waals surface area contributed by atoms with Gasteiger partial charge in [-0.25, -0.2) is 0 Å². The summed E-state index contributed by atoms with van der Waals surface area (Å²) in [5.74, 6) is 2.34. The van der Waals surface area contributed by atoms with Gasteiger partial charge < -0.3 is 20.1 Å². The molecule has 1 aromatic carbocycles. The lowest BCUT2D eigenvalue weighted by Crippen LogP contribution is -2.50. The minimum Gasteiger partial charge on any atom is -0.493 e. The summed E-state index contributed by atoms with van der Waals surface area (Å²) in [6.07, 6.45) is 4.04. The fourth-order valence-corrected chi connectivity index (χ4v) is 4.01. The van der Waals surface area contributed by atoms with E-state index in [0.717, 1.165) is 62.2 Å². The second-order valence-electron chi connectivity index (χ2n) is 8.90. The minimum atomic E-state index is -0.108. The first-order valence-corrected chi connectivity index (χ1v) is 11.3. The molecule has 3 rings (SSSR count). The molecule has 0 aliphatic carbocycles. The minimum absolute atomic E-state index is 0. The predicted molar refractivity (Wildman–Crippen MR) is 145 cm³/mol. The van der Waals surface area contributed by atoms with E-state index < -0.39 is 0 Å². The molecular weight excluding hydrogens is 529 g/mol. The Kier molecular flexibility index (Phi) is 10.7. The zero-order valence-corrected chi connectivity index (χ0v) is 22.8. The molecule has 1 saturated heterocycles. The average Bonchev–Trinajstić information content (AvgIpc) is 2.83. The van der Waals surface area contributed by atoms with Gasteiger partial charge in [0.25, 0.3) is 0 Å². The Balaban J connectivity index is 0.00000385. The molecule has 0 atom stereocenters. The molecule has 1 aliphatic rings. The fourth-order valence-electron chi connectivity index (χ4n) is 4.01. The summed E-state index contributed by atoms with van der Waals surface area (Å²) in [5.41, 5.74) is 2.21. The summed E-state index contributed by atoms with van der Waals surface area (Å²) in [6.45, 7) is 8.21. The summed E-state index contributed by atoms with van der Waals surface area (Å²) in [4.78, 5) is 11.4. The van der Waals surface area contributed by atoms with Crippen molar-refractivity contribution < 1.29 is 9.47 Å². The van der Waals surface area contributed by atoms with Crippen molar-refractivity contribution in [1.29, 1.82) is 0 Å². The number of aromatic nitrogens is 1. The van der Waals surface area contributed by atoms with E-state index in [4.69, 9.17) is 9.47 Å². The third kappa shape index (κ3) is 7.74. The van der Waals surface area contributed by atoms with Crippen LogP contribution < -0.4 is 20.1 Å². The molecular formula is C25H38IN5O2. The van der Waals surface area contributed by atoms with Gasteiger partial charge in [-0.15, -0.1) is 24.0 Å². The SMILES string of the molecule is CN=C(NCC(C)(C)c1ccc(OC)c(OC)c1)NC1CCN(Cc2ccccn2)CC1.I. The lowest BCUT2D eigenvalue weighted by atomic mass is 9.84. The average molecular weight is 568 g/mol. The van der Waals surface area contributed by atoms with E-state index in [0.29, 0.717) is 6.04 Å². The molecule has 2 heterocycles. The molecule has 1 fully saturated rings. The second-order valence-corrected chi connectivity index (χ2v) is 8.90. The van der Waals surface area contributed by atoms with E-state index >= 15 is 0 Å². The van der Waals surface area contributed by atoms with Crippen LogP contribution >= 0.6 is 24.0 Å². The first-order valence-electron chi connectivity index (χ1n) is 11.3. The highest BCUT2D eigenvalue weighted by Gasteiger charge is 2.24. The van der Waals surface area contributed by atoms with E-state index in [1.807, 2.05) is 31.4 Å². The summed E-state index contributed by atoms with van der Waals surface area (Å²) < 4.78 is 10.8. The van der Waals surface area contributed by atoms with Crippen molar-refractivity contribution in [1.82, 2.24) is 20.5 Å². The van der Waals surface area contributed by atoms with Crippen LogP contribution in [0.5, 0.6) is 11.5 Å². The molecule has 8 heteroatoms. The van der Waals surface area contributed by atoms with Crippen LogP contribution in [-0.2, 0) is 12.0 Å². The number of piperidine rings is 1. The van der Waals surface area contributed by atoms with Gasteiger partial charge in [0.1, 0.15) is 0 Å². The maximum absolute atomic E-state index is 5.48. The Morgan fingerprint density at radius 1 is 1.12 bits per heavy atom. The number of rotatable bonds is 8. The van der Waals surface area contributed by atoms with Crippen molar-refractivity contribution in [3.8, 4) is 11.5 Å². The summed E-state index contributed by atoms with van der Waals surface area (Å²) in [6, 6.07) is 12.6. The molecule has 1 aromatic heterocycles. The van der Waals surface area contributed by atoms with Gasteiger partial charge in [-0.2, -0.15) is 0 Å². The van der Waals surface area contributed by atoms with Crippen LogP contribution in [-0.4, -0.2) is 62.8 Å². The number of methoxy groups -OCH3 is 2. The van der Waals surface area contributed by atoms with Crippen molar-refractivity contribution in [2.45, 2.75) is 44.7 Å². The number of nitrogens with one attached hydrogen (secondary N) is 2. The van der Waals surface area contributed by atoms with E-state index in [1.165, 1.54) is 5.56 Å². The van der Waals surface area contributed by atoms with Crippen LogP contribution in [0.1, 0.15) is 37.9 Å². The topological polar surface area (TPSA) is 71.0 Å². The Labute approximate surface area is 215 Å². The van der Waals surface area contributed by atoms with Crippen molar-refractivity contribution in [3.05, 3.63) is 53.9 Å². The van der Waals surface area contributed by atoms with Gasteiger partial charge in [0, 0.05) is 50.9 Å². The number of aliphatic imine (C=N–C) groups is 1. The molecule has 182 valence electrons. The van der Waals surface area contributed by atoms with Gasteiger partial charge >= 0.3 is 0 Å². The van der Waals surface area contributed by atoms with Crippen LogP contribution in [0.2, 0.25) is 0 Å². The quantitative estimate of drug-likeness (QED) is 0.287. The monoisotopic (exact) mass is 567 g/mol. The Morgan fingerprint density at radius 2 is 1.85 bits per heavy atom. The van der Waals surface area contributed by atoms with Crippen molar-refractivity contribution >= 4 is 29.9 Å². The number of halogens is 1. The van der Waals surface area contributed by atoms with Crippen molar-refractivity contribution in [3.63, 3.8) is 0 Å². The van der Waals surface area contributed by atoms with E-state index in [-0.39, 0.29) is 29.4 Å². The van der Waals surface area contributed by atoms with Crippen molar-refractivity contribution in [2.24, 2.45) is 4.99 Å². The smallest absolute Gasteiger partial charge is 0.191 e. The third-order valence-corrected chi connectivity index (χ3v) is 6.13. The van der Waals surface area contributed by atoms with Crippen molar-refractivity contribution in [2.75, 3.05) is 40.9 Å². The third-order valence-electron chi connectivity index (χ3n) is 6.13. The van der Waals surface area contributed by atoms with Gasteiger partial charge in [0.05, 0.1) is 19.9 Å². The van der Waals surface area contributed by atoms with Crippen LogP contribution in [0, 0.1) is 0 Å². The lowest BCUT2D eigenvalue weighted by molar-refractivity contribution is 0.196. The highest BCUT2D eigenvalue weighted by Crippen LogP contribution is 2.32. The summed E-state index contributed by atoms with van der Waals surface area (Å²) in [5, 5.41) is 7.12. The molecule has 2 N–H and O–H groups in total. The molecule has 2 aromatic rings. The highest BCUT2D eigenvalue weighted by atomic mass is 127. The first-order chi connectivity index (χ1) is 15.4. The number of nitrogens with zero attached hydrogens (tertiary/aromatic N) is 3. The predicted octanol–water partition coefficient (Wildman–Crippen LogP) is 3.82. The summed E-state index contributed by atoms with van der Waals surface area (Å²) in [7, 11) is 5.15. The number of hydrogen-bond acceptors (Lipinski definition) is 5. The van der Waals surface area contributed by atoms with Gasteiger partial charge in [0.15, 0.2) is 17.5 Å². The van der Waals surface area contributed by atoms with Crippen LogP contribution in [0.25, 0.3) is 0 Å². The number of guanidine groups is 1. The number of likely N-dealkylation sites (tertiary alicyclic amines) is 1. The molecule has 33 heavy (non-hydrogen) atoms. The van der Waals surface area contributed by atoms with Gasteiger partial charge in [-0.1, -0.05) is 26.0 Å². The van der Waals surface area contributed by atoms with Gasteiger partial charge in [-0.3, -0.25) is 14.9 Å². The maximum Gasteiger partial charge on any atom is 0.191 e. The largest absolute Gasteiger partial charge is 0.493 e. The fraction of sp³-hybridized carbons (Fsp3) is 0.520. The Morgan fingerprint density at radius 3 is 2.45 bits per heavy atom. The van der Waals surface area contributed by atoms with Crippen LogP contribution in [0.4, 0.5) is 0 Å². The molecule has 1 aliphatic heterocycles. The molecule has 0 amide bonds. The zero-order chi connectivity index (χ0) is 23.0. The van der Waals surface area contributed by atoms with E-state index in [2.05, 4.69) is 57.6 Å². The molecule has 0 bridgehead atoms. The molecule has 0 saturated carbocycles.